The summed E-state index contributed by atoms with van der Waals surface area (Å²) < 4.78 is 32.2. The molecule has 0 radical (unpaired) electrons. The fourth-order valence-corrected chi connectivity index (χ4v) is 4.72. The van der Waals surface area contributed by atoms with Gasteiger partial charge in [0.2, 0.25) is 15.9 Å². The number of anilines is 1. The van der Waals surface area contributed by atoms with E-state index in [-0.39, 0.29) is 36.0 Å². The molecule has 1 saturated heterocycles. The van der Waals surface area contributed by atoms with Gasteiger partial charge in [0.05, 0.1) is 24.1 Å². The maximum absolute atomic E-state index is 12.9. The fourth-order valence-electron chi connectivity index (χ4n) is 3.16. The minimum absolute atomic E-state index is 0.0201. The van der Waals surface area contributed by atoms with Crippen LogP contribution in [0.4, 0.5) is 5.69 Å². The highest BCUT2D eigenvalue weighted by Gasteiger charge is 2.30. The monoisotopic (exact) mass is 414 g/mol. The van der Waals surface area contributed by atoms with Gasteiger partial charge >= 0.3 is 0 Å². The second-order valence-electron chi connectivity index (χ2n) is 6.57. The van der Waals surface area contributed by atoms with Gasteiger partial charge in [-0.3, -0.25) is 9.69 Å². The van der Waals surface area contributed by atoms with Crippen LogP contribution in [0.3, 0.4) is 0 Å². The molecule has 0 bridgehead atoms. The van der Waals surface area contributed by atoms with E-state index < -0.39 is 10.0 Å². The van der Waals surface area contributed by atoms with Crippen molar-refractivity contribution in [2.75, 3.05) is 45.2 Å². The summed E-state index contributed by atoms with van der Waals surface area (Å²) in [5.41, 5.74) is 0.774. The Hall–Kier alpha value is -2.93. The SMILES string of the molecule is COc1cccc(NC(=O)CN2CCN(S(=O)(=O)c3ccccc3C#N)CC2)c1. The topological polar surface area (TPSA) is 103 Å². The molecule has 152 valence electrons. The van der Waals surface area contributed by atoms with Crippen LogP contribution in [0.1, 0.15) is 5.56 Å². The lowest BCUT2D eigenvalue weighted by atomic mass is 10.2. The van der Waals surface area contributed by atoms with Gasteiger partial charge < -0.3 is 10.1 Å². The number of nitrogens with one attached hydrogen (secondary N) is 1. The van der Waals surface area contributed by atoms with Crippen molar-refractivity contribution in [2.24, 2.45) is 0 Å². The minimum Gasteiger partial charge on any atom is -0.497 e. The molecule has 8 nitrogen and oxygen atoms in total. The Balaban J connectivity index is 1.57. The van der Waals surface area contributed by atoms with Gasteiger partial charge in [-0.15, -0.1) is 0 Å². The van der Waals surface area contributed by atoms with Crippen molar-refractivity contribution in [1.82, 2.24) is 9.21 Å². The summed E-state index contributed by atoms with van der Waals surface area (Å²) in [6, 6.07) is 15.2. The van der Waals surface area contributed by atoms with Gasteiger partial charge in [-0.1, -0.05) is 18.2 Å². The Bertz CT molecular complexity index is 1020. The molecule has 1 aliphatic heterocycles. The summed E-state index contributed by atoms with van der Waals surface area (Å²) >= 11 is 0. The van der Waals surface area contributed by atoms with Crippen molar-refractivity contribution in [3.05, 3.63) is 54.1 Å². The minimum atomic E-state index is -3.74. The first-order chi connectivity index (χ1) is 13.9. The molecule has 9 heteroatoms. The van der Waals surface area contributed by atoms with Gasteiger partial charge in [0, 0.05) is 37.9 Å². The summed E-state index contributed by atoms with van der Waals surface area (Å²) in [5.74, 6) is 0.476. The van der Waals surface area contributed by atoms with Gasteiger partial charge in [-0.2, -0.15) is 9.57 Å². The van der Waals surface area contributed by atoms with Crippen LogP contribution in [-0.4, -0.2) is 63.4 Å². The number of carbonyl (C=O) groups excluding carboxylic acids is 1. The molecular formula is C20H22N4O4S. The number of piperazine rings is 1. The van der Waals surface area contributed by atoms with Crippen molar-refractivity contribution in [3.63, 3.8) is 0 Å². The standard InChI is InChI=1S/C20H22N4O4S/c1-28-18-7-4-6-17(13-18)22-20(25)15-23-9-11-24(12-10-23)29(26,27)19-8-3-2-5-16(19)14-21/h2-8,13H,9-12,15H2,1H3,(H,22,25). The van der Waals surface area contributed by atoms with E-state index >= 15 is 0 Å². The Labute approximate surface area is 170 Å². The van der Waals surface area contributed by atoms with Crippen LogP contribution in [0.2, 0.25) is 0 Å². The smallest absolute Gasteiger partial charge is 0.244 e. The lowest BCUT2D eigenvalue weighted by molar-refractivity contribution is -0.117. The number of methoxy groups -OCH3 is 1. The molecule has 1 aliphatic rings. The molecule has 1 heterocycles. The van der Waals surface area contributed by atoms with Crippen LogP contribution in [-0.2, 0) is 14.8 Å². The number of sulfonamides is 1. The van der Waals surface area contributed by atoms with E-state index in [1.54, 1.807) is 43.5 Å². The maximum Gasteiger partial charge on any atom is 0.244 e. The molecule has 1 amide bonds. The highest BCUT2D eigenvalue weighted by atomic mass is 32.2. The zero-order chi connectivity index (χ0) is 20.9. The summed E-state index contributed by atoms with van der Waals surface area (Å²) in [5, 5.41) is 12.0. The molecule has 2 aromatic rings. The molecule has 29 heavy (non-hydrogen) atoms. The third kappa shape index (κ3) is 4.92. The van der Waals surface area contributed by atoms with Crippen LogP contribution in [0.25, 0.3) is 0 Å². The molecule has 0 aliphatic carbocycles. The van der Waals surface area contributed by atoms with Crippen LogP contribution in [0.15, 0.2) is 53.4 Å². The maximum atomic E-state index is 12.9. The molecule has 0 aromatic heterocycles. The number of hydrogen-bond acceptors (Lipinski definition) is 6. The summed E-state index contributed by atoms with van der Waals surface area (Å²) in [6.45, 7) is 1.54. The largest absolute Gasteiger partial charge is 0.497 e. The zero-order valence-corrected chi connectivity index (χ0v) is 16.9. The van der Waals surface area contributed by atoms with Crippen molar-refractivity contribution in [2.45, 2.75) is 4.90 Å². The number of benzene rings is 2. The van der Waals surface area contributed by atoms with Gasteiger partial charge in [0.15, 0.2) is 0 Å². The number of ether oxygens (including phenoxy) is 1. The van der Waals surface area contributed by atoms with Gasteiger partial charge in [-0.25, -0.2) is 8.42 Å². The number of carbonyl (C=O) groups is 1. The van der Waals surface area contributed by atoms with Gasteiger partial charge in [0.25, 0.3) is 0 Å². The van der Waals surface area contributed by atoms with E-state index in [1.807, 2.05) is 11.0 Å². The van der Waals surface area contributed by atoms with E-state index in [0.717, 1.165) is 0 Å². The van der Waals surface area contributed by atoms with Crippen LogP contribution in [0, 0.1) is 11.3 Å². The predicted octanol–water partition coefficient (Wildman–Crippen LogP) is 1.51. The van der Waals surface area contributed by atoms with E-state index in [0.29, 0.717) is 24.5 Å². The molecule has 1 N–H and O–H groups in total. The number of amides is 1. The number of hydrogen-bond donors (Lipinski definition) is 1. The van der Waals surface area contributed by atoms with Crippen molar-refractivity contribution >= 4 is 21.6 Å². The van der Waals surface area contributed by atoms with Crippen LogP contribution < -0.4 is 10.1 Å². The van der Waals surface area contributed by atoms with Crippen molar-refractivity contribution in [3.8, 4) is 11.8 Å². The molecule has 0 saturated carbocycles. The molecule has 0 unspecified atom stereocenters. The number of nitriles is 1. The lowest BCUT2D eigenvalue weighted by Gasteiger charge is -2.33. The quantitative estimate of drug-likeness (QED) is 0.769. The summed E-state index contributed by atoms with van der Waals surface area (Å²) in [6.07, 6.45) is 0. The number of nitrogens with zero attached hydrogens (tertiary/aromatic N) is 3. The number of rotatable bonds is 6. The van der Waals surface area contributed by atoms with E-state index in [4.69, 9.17) is 4.74 Å². The van der Waals surface area contributed by atoms with Gasteiger partial charge in [-0.05, 0) is 24.3 Å². The summed E-state index contributed by atoms with van der Waals surface area (Å²) in [4.78, 5) is 14.2. The fraction of sp³-hybridized carbons (Fsp3) is 0.300. The Morgan fingerprint density at radius 3 is 2.55 bits per heavy atom. The third-order valence-electron chi connectivity index (χ3n) is 4.68. The second kappa shape index (κ2) is 9.05. The molecule has 2 aromatic carbocycles. The molecule has 3 rings (SSSR count). The first-order valence-corrected chi connectivity index (χ1v) is 10.5. The zero-order valence-electron chi connectivity index (χ0n) is 16.0. The average Bonchev–Trinajstić information content (AvgIpc) is 2.74. The Morgan fingerprint density at radius 1 is 1.14 bits per heavy atom. The molecule has 1 fully saturated rings. The first-order valence-electron chi connectivity index (χ1n) is 9.09. The van der Waals surface area contributed by atoms with Gasteiger partial charge in [0.1, 0.15) is 11.8 Å². The molecule has 0 atom stereocenters. The summed E-state index contributed by atoms with van der Waals surface area (Å²) in [7, 11) is -2.18. The van der Waals surface area contributed by atoms with Crippen LogP contribution in [0.5, 0.6) is 5.75 Å². The normalized spacial score (nSPS) is 15.4. The Morgan fingerprint density at radius 2 is 1.86 bits per heavy atom. The molecular weight excluding hydrogens is 392 g/mol. The van der Waals surface area contributed by atoms with E-state index in [2.05, 4.69) is 5.32 Å². The van der Waals surface area contributed by atoms with E-state index in [1.165, 1.54) is 16.4 Å². The molecule has 0 spiro atoms. The van der Waals surface area contributed by atoms with Crippen molar-refractivity contribution < 1.29 is 17.9 Å². The predicted molar refractivity (Wildman–Crippen MR) is 108 cm³/mol. The highest BCUT2D eigenvalue weighted by molar-refractivity contribution is 7.89. The van der Waals surface area contributed by atoms with Crippen LogP contribution >= 0.6 is 0 Å². The first kappa shape index (κ1) is 20.8. The van der Waals surface area contributed by atoms with E-state index in [9.17, 15) is 18.5 Å². The lowest BCUT2D eigenvalue weighted by Crippen LogP contribution is -2.50. The Kier molecular flexibility index (Phi) is 6.49. The highest BCUT2D eigenvalue weighted by Crippen LogP contribution is 2.21. The average molecular weight is 414 g/mol. The third-order valence-corrected chi connectivity index (χ3v) is 6.63. The second-order valence-corrected chi connectivity index (χ2v) is 8.47. The van der Waals surface area contributed by atoms with Crippen molar-refractivity contribution in [1.29, 1.82) is 5.26 Å².